The highest BCUT2D eigenvalue weighted by Crippen LogP contribution is 2.22. The zero-order valence-electron chi connectivity index (χ0n) is 11.4. The van der Waals surface area contributed by atoms with Crippen molar-refractivity contribution >= 4 is 5.91 Å². The summed E-state index contributed by atoms with van der Waals surface area (Å²) in [4.78, 5) is 11.6. The number of carbonyl (C=O) groups is 1. The third-order valence-electron chi connectivity index (χ3n) is 3.79. The molecule has 0 radical (unpaired) electrons. The molecule has 1 amide bonds. The second-order valence-corrected chi connectivity index (χ2v) is 5.22. The average Bonchev–Trinajstić information content (AvgIpc) is 2.37. The van der Waals surface area contributed by atoms with Gasteiger partial charge >= 0.3 is 0 Å². The van der Waals surface area contributed by atoms with Gasteiger partial charge in [0, 0.05) is 6.04 Å². The summed E-state index contributed by atoms with van der Waals surface area (Å²) in [6.07, 6.45) is 8.84. The van der Waals surface area contributed by atoms with Gasteiger partial charge in [0.2, 0.25) is 5.91 Å². The van der Waals surface area contributed by atoms with Gasteiger partial charge < -0.3 is 10.6 Å². The molecule has 0 aromatic rings. The van der Waals surface area contributed by atoms with Gasteiger partial charge in [0.05, 0.1) is 6.54 Å². The summed E-state index contributed by atoms with van der Waals surface area (Å²) in [7, 11) is 0. The van der Waals surface area contributed by atoms with Gasteiger partial charge in [0.15, 0.2) is 0 Å². The zero-order chi connectivity index (χ0) is 12.5. The molecule has 1 aliphatic carbocycles. The summed E-state index contributed by atoms with van der Waals surface area (Å²) in [5.41, 5.74) is 0. The number of rotatable bonds is 7. The predicted octanol–water partition coefficient (Wildman–Crippen LogP) is 2.46. The minimum absolute atomic E-state index is 0.148. The molecule has 0 atom stereocenters. The number of hydrogen-bond donors (Lipinski definition) is 2. The predicted molar refractivity (Wildman–Crippen MR) is 72.0 cm³/mol. The molecule has 0 heterocycles. The Bertz CT molecular complexity index is 208. The summed E-state index contributed by atoms with van der Waals surface area (Å²) in [6.45, 7) is 5.72. The molecule has 0 saturated heterocycles. The minimum Gasteiger partial charge on any atom is -0.352 e. The Balaban J connectivity index is 2.06. The van der Waals surface area contributed by atoms with E-state index in [1.165, 1.54) is 32.1 Å². The fourth-order valence-electron chi connectivity index (χ4n) is 2.55. The maximum Gasteiger partial charge on any atom is 0.234 e. The number of amides is 1. The van der Waals surface area contributed by atoms with Gasteiger partial charge in [-0.25, -0.2) is 0 Å². The molecule has 0 aliphatic heterocycles. The van der Waals surface area contributed by atoms with E-state index in [4.69, 9.17) is 0 Å². The topological polar surface area (TPSA) is 41.1 Å². The maximum absolute atomic E-state index is 11.6. The van der Waals surface area contributed by atoms with E-state index in [9.17, 15) is 4.79 Å². The molecule has 100 valence electrons. The maximum atomic E-state index is 11.6. The van der Waals surface area contributed by atoms with Crippen molar-refractivity contribution in [3.63, 3.8) is 0 Å². The van der Waals surface area contributed by atoms with Crippen LogP contribution in [0.15, 0.2) is 0 Å². The van der Waals surface area contributed by atoms with Crippen LogP contribution >= 0.6 is 0 Å². The second kappa shape index (κ2) is 8.51. The summed E-state index contributed by atoms with van der Waals surface area (Å²) >= 11 is 0. The van der Waals surface area contributed by atoms with Crippen molar-refractivity contribution in [2.75, 3.05) is 13.1 Å². The summed E-state index contributed by atoms with van der Waals surface area (Å²) in [6, 6.07) is 0.346. The lowest BCUT2D eigenvalue weighted by atomic mass is 9.89. The van der Waals surface area contributed by atoms with E-state index >= 15 is 0 Å². The average molecular weight is 240 g/mol. The molecule has 1 fully saturated rings. The summed E-state index contributed by atoms with van der Waals surface area (Å²) < 4.78 is 0. The smallest absolute Gasteiger partial charge is 0.234 e. The van der Waals surface area contributed by atoms with Crippen molar-refractivity contribution in [1.82, 2.24) is 10.6 Å². The first-order valence-electron chi connectivity index (χ1n) is 7.26. The highest BCUT2D eigenvalue weighted by atomic mass is 16.1. The molecule has 17 heavy (non-hydrogen) atoms. The van der Waals surface area contributed by atoms with E-state index in [-0.39, 0.29) is 5.91 Å². The van der Waals surface area contributed by atoms with E-state index in [2.05, 4.69) is 24.5 Å². The van der Waals surface area contributed by atoms with E-state index in [1.54, 1.807) is 0 Å². The van der Waals surface area contributed by atoms with Crippen LogP contribution in [-0.2, 0) is 4.79 Å². The first-order valence-corrected chi connectivity index (χ1v) is 7.26. The van der Waals surface area contributed by atoms with Gasteiger partial charge in [-0.3, -0.25) is 4.79 Å². The standard InChI is InChI=1S/C14H28N2O/c1-3-13(4-2)16-14(17)11-15-10-12-8-6-5-7-9-12/h12-13,15H,3-11H2,1-2H3,(H,16,17). The fraction of sp³-hybridized carbons (Fsp3) is 0.929. The zero-order valence-corrected chi connectivity index (χ0v) is 11.4. The quantitative estimate of drug-likeness (QED) is 0.718. The number of hydrogen-bond acceptors (Lipinski definition) is 2. The van der Waals surface area contributed by atoms with Crippen LogP contribution in [0, 0.1) is 5.92 Å². The Morgan fingerprint density at radius 2 is 1.82 bits per heavy atom. The van der Waals surface area contributed by atoms with Gasteiger partial charge in [-0.15, -0.1) is 0 Å². The highest BCUT2D eigenvalue weighted by molar-refractivity contribution is 5.78. The van der Waals surface area contributed by atoms with Crippen LogP contribution in [0.25, 0.3) is 0 Å². The van der Waals surface area contributed by atoms with Crippen LogP contribution in [0.5, 0.6) is 0 Å². The monoisotopic (exact) mass is 240 g/mol. The number of nitrogens with one attached hydrogen (secondary N) is 2. The van der Waals surface area contributed by atoms with E-state index in [0.29, 0.717) is 12.6 Å². The normalized spacial score (nSPS) is 17.4. The van der Waals surface area contributed by atoms with Gasteiger partial charge in [0.1, 0.15) is 0 Å². The third-order valence-corrected chi connectivity index (χ3v) is 3.79. The first kappa shape index (κ1) is 14.5. The molecule has 0 unspecified atom stereocenters. The van der Waals surface area contributed by atoms with E-state index in [0.717, 1.165) is 25.3 Å². The Kier molecular flexibility index (Phi) is 7.25. The molecule has 0 bridgehead atoms. The molecule has 3 nitrogen and oxygen atoms in total. The molecule has 1 rings (SSSR count). The lowest BCUT2D eigenvalue weighted by molar-refractivity contribution is -0.121. The van der Waals surface area contributed by atoms with E-state index in [1.807, 2.05) is 0 Å². The molecule has 2 N–H and O–H groups in total. The van der Waals surface area contributed by atoms with Gasteiger partial charge in [-0.2, -0.15) is 0 Å². The van der Waals surface area contributed by atoms with Crippen molar-refractivity contribution in [2.24, 2.45) is 5.92 Å². The van der Waals surface area contributed by atoms with Crippen LogP contribution in [0.1, 0.15) is 58.8 Å². The van der Waals surface area contributed by atoms with Gasteiger partial charge in [0.25, 0.3) is 0 Å². The number of carbonyl (C=O) groups excluding carboxylic acids is 1. The van der Waals surface area contributed by atoms with Crippen LogP contribution in [0.3, 0.4) is 0 Å². The summed E-state index contributed by atoms with van der Waals surface area (Å²) in [5, 5.41) is 6.35. The molecule has 3 heteroatoms. The van der Waals surface area contributed by atoms with E-state index < -0.39 is 0 Å². The molecule has 0 aromatic heterocycles. The largest absolute Gasteiger partial charge is 0.352 e. The Morgan fingerprint density at radius 3 is 2.41 bits per heavy atom. The van der Waals surface area contributed by atoms with Crippen molar-refractivity contribution in [2.45, 2.75) is 64.8 Å². The molecular weight excluding hydrogens is 212 g/mol. The van der Waals surface area contributed by atoms with Gasteiger partial charge in [-0.05, 0) is 38.1 Å². The van der Waals surface area contributed by atoms with Crippen LogP contribution in [0.4, 0.5) is 0 Å². The Labute approximate surface area is 106 Å². The Morgan fingerprint density at radius 1 is 1.18 bits per heavy atom. The van der Waals surface area contributed by atoms with Crippen molar-refractivity contribution < 1.29 is 4.79 Å². The third kappa shape index (κ3) is 6.06. The summed E-state index contributed by atoms with van der Waals surface area (Å²) in [5.74, 6) is 0.944. The van der Waals surface area contributed by atoms with Gasteiger partial charge in [-0.1, -0.05) is 33.1 Å². The second-order valence-electron chi connectivity index (χ2n) is 5.22. The SMILES string of the molecule is CCC(CC)NC(=O)CNCC1CCCCC1. The minimum atomic E-state index is 0.148. The lowest BCUT2D eigenvalue weighted by Gasteiger charge is -2.22. The first-order chi connectivity index (χ1) is 8.26. The van der Waals surface area contributed by atoms with Crippen molar-refractivity contribution in [1.29, 1.82) is 0 Å². The van der Waals surface area contributed by atoms with Crippen LogP contribution in [0.2, 0.25) is 0 Å². The van der Waals surface area contributed by atoms with Crippen molar-refractivity contribution in [3.8, 4) is 0 Å². The van der Waals surface area contributed by atoms with Crippen LogP contribution < -0.4 is 10.6 Å². The molecule has 0 spiro atoms. The Hall–Kier alpha value is -0.570. The molecule has 1 aliphatic rings. The molecule has 0 aromatic carbocycles. The molecule has 1 saturated carbocycles. The lowest BCUT2D eigenvalue weighted by Crippen LogP contribution is -2.41. The highest BCUT2D eigenvalue weighted by Gasteiger charge is 2.13. The van der Waals surface area contributed by atoms with Crippen LogP contribution in [-0.4, -0.2) is 25.0 Å². The fourth-order valence-corrected chi connectivity index (χ4v) is 2.55. The van der Waals surface area contributed by atoms with Crippen molar-refractivity contribution in [3.05, 3.63) is 0 Å². The molecular formula is C14H28N2O.